The van der Waals surface area contributed by atoms with Gasteiger partial charge in [0, 0.05) is 16.6 Å². The number of para-hydroxylation sites is 2. The Morgan fingerprint density at radius 1 is 0.906 bits per heavy atom. The van der Waals surface area contributed by atoms with Crippen LogP contribution in [0.15, 0.2) is 83.3 Å². The van der Waals surface area contributed by atoms with E-state index in [1.807, 2.05) is 18.2 Å². The van der Waals surface area contributed by atoms with Crippen molar-refractivity contribution in [1.29, 1.82) is 0 Å². The second-order valence-electron chi connectivity index (χ2n) is 7.47. The number of fused-ring (bicyclic) bond motifs is 1. The van der Waals surface area contributed by atoms with E-state index in [2.05, 4.69) is 15.9 Å². The summed E-state index contributed by atoms with van der Waals surface area (Å²) >= 11 is 3.40. The average Bonchev–Trinajstić information content (AvgIpc) is 3.31. The first-order chi connectivity index (χ1) is 15.5. The van der Waals surface area contributed by atoms with Crippen molar-refractivity contribution < 1.29 is 19.3 Å². The monoisotopic (exact) mass is 493 g/mol. The SMILES string of the molecule is O=C1[C@H]2[C@@H](c3cccc([N+](=O)[O-])c3)N(c3ccccc3)O[C@H]2C(=O)N1c1ccccc1Br. The van der Waals surface area contributed by atoms with E-state index in [1.165, 1.54) is 17.2 Å². The molecule has 3 aromatic carbocycles. The maximum absolute atomic E-state index is 13.6. The normalized spacial score (nSPS) is 22.3. The van der Waals surface area contributed by atoms with Crippen molar-refractivity contribution in [2.75, 3.05) is 9.96 Å². The van der Waals surface area contributed by atoms with Crippen molar-refractivity contribution in [3.05, 3.63) is 99.0 Å². The van der Waals surface area contributed by atoms with Crippen LogP contribution in [0.2, 0.25) is 0 Å². The molecule has 2 fully saturated rings. The Morgan fingerprint density at radius 2 is 1.62 bits per heavy atom. The Hall–Kier alpha value is -3.56. The molecule has 2 amide bonds. The molecule has 3 atom stereocenters. The molecule has 0 saturated carbocycles. The smallest absolute Gasteiger partial charge is 0.269 e. The Morgan fingerprint density at radius 3 is 2.34 bits per heavy atom. The minimum absolute atomic E-state index is 0.0987. The van der Waals surface area contributed by atoms with Gasteiger partial charge in [0.05, 0.1) is 22.3 Å². The lowest BCUT2D eigenvalue weighted by Crippen LogP contribution is -2.37. The summed E-state index contributed by atoms with van der Waals surface area (Å²) in [6, 6.07) is 21.4. The summed E-state index contributed by atoms with van der Waals surface area (Å²) in [4.78, 5) is 44.9. The van der Waals surface area contributed by atoms with Gasteiger partial charge in [0.2, 0.25) is 5.91 Å². The molecule has 0 spiro atoms. The average molecular weight is 494 g/mol. The minimum atomic E-state index is -1.04. The predicted molar refractivity (Wildman–Crippen MR) is 120 cm³/mol. The first kappa shape index (κ1) is 20.3. The first-order valence-electron chi connectivity index (χ1n) is 9.85. The zero-order valence-electron chi connectivity index (χ0n) is 16.5. The molecular formula is C23H16BrN3O5. The molecule has 0 aromatic heterocycles. The van der Waals surface area contributed by atoms with Gasteiger partial charge >= 0.3 is 0 Å². The third-order valence-electron chi connectivity index (χ3n) is 5.64. The summed E-state index contributed by atoms with van der Waals surface area (Å²) < 4.78 is 0.605. The number of non-ortho nitro benzene ring substituents is 1. The van der Waals surface area contributed by atoms with Gasteiger partial charge in [0.15, 0.2) is 6.10 Å². The van der Waals surface area contributed by atoms with E-state index in [1.54, 1.807) is 48.5 Å². The van der Waals surface area contributed by atoms with Gasteiger partial charge < -0.3 is 0 Å². The van der Waals surface area contributed by atoms with E-state index in [9.17, 15) is 19.7 Å². The molecule has 0 N–H and O–H groups in total. The molecule has 160 valence electrons. The van der Waals surface area contributed by atoms with Crippen LogP contribution in [0.5, 0.6) is 0 Å². The van der Waals surface area contributed by atoms with E-state index in [4.69, 9.17) is 4.84 Å². The third kappa shape index (κ3) is 3.17. The lowest BCUT2D eigenvalue weighted by atomic mass is 9.90. The van der Waals surface area contributed by atoms with Crippen molar-refractivity contribution in [1.82, 2.24) is 0 Å². The molecule has 0 aliphatic carbocycles. The molecule has 2 aliphatic heterocycles. The summed E-state index contributed by atoms with van der Waals surface area (Å²) in [6.45, 7) is 0. The summed E-state index contributed by atoms with van der Waals surface area (Å²) in [5.74, 6) is -1.75. The molecule has 0 bridgehead atoms. The standard InChI is InChI=1S/C23H16BrN3O5/c24-17-11-4-5-12-18(17)25-22(28)19-20(14-7-6-10-16(13-14)27(30)31)26(32-21(19)23(25)29)15-8-2-1-3-9-15/h1-13,19-21H/t19-,20+,21+/m0/s1. The van der Waals surface area contributed by atoms with Crippen LogP contribution in [0.3, 0.4) is 0 Å². The number of benzene rings is 3. The Kier molecular flexibility index (Phi) is 4.99. The molecule has 8 nitrogen and oxygen atoms in total. The maximum Gasteiger partial charge on any atom is 0.269 e. The highest BCUT2D eigenvalue weighted by Gasteiger charge is 2.60. The maximum atomic E-state index is 13.6. The predicted octanol–water partition coefficient (Wildman–Crippen LogP) is 4.41. The zero-order valence-corrected chi connectivity index (χ0v) is 18.1. The number of amides is 2. The Balaban J connectivity index is 1.62. The molecule has 0 radical (unpaired) electrons. The van der Waals surface area contributed by atoms with Gasteiger partial charge in [-0.3, -0.25) is 24.5 Å². The van der Waals surface area contributed by atoms with E-state index < -0.39 is 34.8 Å². The van der Waals surface area contributed by atoms with E-state index >= 15 is 0 Å². The van der Waals surface area contributed by atoms with Gasteiger partial charge in [0.1, 0.15) is 5.92 Å². The topological polar surface area (TPSA) is 93.0 Å². The number of halogens is 1. The van der Waals surface area contributed by atoms with Crippen LogP contribution < -0.4 is 9.96 Å². The number of nitrogens with zero attached hydrogens (tertiary/aromatic N) is 3. The fraction of sp³-hybridized carbons (Fsp3) is 0.130. The fourth-order valence-corrected chi connectivity index (χ4v) is 4.71. The summed E-state index contributed by atoms with van der Waals surface area (Å²) in [5, 5.41) is 12.9. The van der Waals surface area contributed by atoms with Gasteiger partial charge in [-0.25, -0.2) is 9.96 Å². The number of hydroxylamine groups is 1. The Bertz CT molecular complexity index is 1240. The van der Waals surface area contributed by atoms with Crippen molar-refractivity contribution in [2.24, 2.45) is 5.92 Å². The van der Waals surface area contributed by atoms with E-state index in [0.29, 0.717) is 21.4 Å². The molecule has 5 rings (SSSR count). The van der Waals surface area contributed by atoms with Gasteiger partial charge in [-0.1, -0.05) is 42.5 Å². The number of nitro benzene ring substituents is 1. The van der Waals surface area contributed by atoms with Gasteiger partial charge in [-0.15, -0.1) is 0 Å². The molecular weight excluding hydrogens is 478 g/mol. The van der Waals surface area contributed by atoms with Crippen LogP contribution in [0.25, 0.3) is 0 Å². The lowest BCUT2D eigenvalue weighted by Gasteiger charge is -2.28. The van der Waals surface area contributed by atoms with E-state index in [0.717, 1.165) is 4.90 Å². The van der Waals surface area contributed by atoms with Crippen molar-refractivity contribution in [3.8, 4) is 0 Å². The molecule has 9 heteroatoms. The fourth-order valence-electron chi connectivity index (χ4n) is 4.25. The van der Waals surface area contributed by atoms with Crippen molar-refractivity contribution in [3.63, 3.8) is 0 Å². The summed E-state index contributed by atoms with van der Waals surface area (Å²) in [7, 11) is 0. The van der Waals surface area contributed by atoms with Crippen LogP contribution in [0, 0.1) is 16.0 Å². The van der Waals surface area contributed by atoms with Crippen LogP contribution >= 0.6 is 15.9 Å². The molecule has 3 aromatic rings. The molecule has 32 heavy (non-hydrogen) atoms. The van der Waals surface area contributed by atoms with Crippen LogP contribution in [0.4, 0.5) is 17.1 Å². The number of anilines is 2. The summed E-state index contributed by atoms with van der Waals surface area (Å²) in [6.07, 6.45) is -1.04. The highest BCUT2D eigenvalue weighted by atomic mass is 79.9. The summed E-state index contributed by atoms with van der Waals surface area (Å²) in [5.41, 5.74) is 1.50. The number of carbonyl (C=O) groups excluding carboxylic acids is 2. The highest BCUT2D eigenvalue weighted by Crippen LogP contribution is 2.48. The quantitative estimate of drug-likeness (QED) is 0.303. The second kappa shape index (κ2) is 7.85. The highest BCUT2D eigenvalue weighted by molar-refractivity contribution is 9.10. The molecule has 2 aliphatic rings. The number of nitro groups is 1. The number of rotatable bonds is 4. The molecule has 2 saturated heterocycles. The second-order valence-corrected chi connectivity index (χ2v) is 8.33. The molecule has 0 unspecified atom stereocenters. The molecule has 2 heterocycles. The van der Waals surface area contributed by atoms with Gasteiger partial charge in [-0.2, -0.15) is 0 Å². The van der Waals surface area contributed by atoms with Crippen molar-refractivity contribution >= 4 is 44.8 Å². The van der Waals surface area contributed by atoms with Gasteiger partial charge in [0.25, 0.3) is 11.6 Å². The van der Waals surface area contributed by atoms with Crippen LogP contribution in [-0.2, 0) is 14.4 Å². The third-order valence-corrected chi connectivity index (χ3v) is 6.31. The van der Waals surface area contributed by atoms with Crippen LogP contribution in [-0.4, -0.2) is 22.8 Å². The number of hydrogen-bond donors (Lipinski definition) is 0. The zero-order chi connectivity index (χ0) is 22.4. The minimum Gasteiger partial charge on any atom is -0.273 e. The van der Waals surface area contributed by atoms with E-state index in [-0.39, 0.29) is 5.69 Å². The lowest BCUT2D eigenvalue weighted by molar-refractivity contribution is -0.384. The van der Waals surface area contributed by atoms with Gasteiger partial charge in [-0.05, 0) is 45.8 Å². The largest absolute Gasteiger partial charge is 0.273 e. The number of carbonyl (C=O) groups is 2. The number of imide groups is 1. The Labute approximate surface area is 191 Å². The van der Waals surface area contributed by atoms with Crippen molar-refractivity contribution in [2.45, 2.75) is 12.1 Å². The first-order valence-corrected chi connectivity index (χ1v) is 10.6. The number of hydrogen-bond acceptors (Lipinski definition) is 6. The van der Waals surface area contributed by atoms with Crippen LogP contribution in [0.1, 0.15) is 11.6 Å².